The lowest BCUT2D eigenvalue weighted by Gasteiger charge is -2.29. The Balaban J connectivity index is 2.08. The van der Waals surface area contributed by atoms with Gasteiger partial charge >= 0.3 is 0 Å². The number of nitrogens with two attached hydrogens (primary N) is 1. The molecule has 0 aromatic carbocycles. The number of nitrogen functional groups attached to an aromatic ring is 1. The van der Waals surface area contributed by atoms with Crippen LogP contribution in [0.3, 0.4) is 0 Å². The third-order valence-electron chi connectivity index (χ3n) is 3.82. The van der Waals surface area contributed by atoms with Crippen LogP contribution >= 0.6 is 11.8 Å². The van der Waals surface area contributed by atoms with Crippen molar-refractivity contribution in [3.05, 3.63) is 11.8 Å². The van der Waals surface area contributed by atoms with Gasteiger partial charge in [-0.05, 0) is 20.3 Å². The monoisotopic (exact) mass is 369 g/mol. The first-order valence-corrected chi connectivity index (χ1v) is 10.2. The molecule has 0 unspecified atom stereocenters. The molecule has 1 aliphatic rings. The first kappa shape index (κ1) is 18.5. The van der Waals surface area contributed by atoms with Gasteiger partial charge in [0.15, 0.2) is 15.0 Å². The molecule has 1 amide bonds. The standard InChI is InChI=1S/C14H19N5O3S2/c1-3-19(11-4-5-24(21,22)8-11)13(20)9(2)23-14-17-7-10(6-15)12(16)18-14/h7,9,11H,3-5,8H2,1-2H3,(H2,16,17,18)/t9-,11+/m1/s1. The van der Waals surface area contributed by atoms with E-state index in [2.05, 4.69) is 9.97 Å². The van der Waals surface area contributed by atoms with Crippen LogP contribution in [-0.4, -0.2) is 58.5 Å². The highest BCUT2D eigenvalue weighted by Gasteiger charge is 2.35. The molecule has 1 aliphatic heterocycles. The van der Waals surface area contributed by atoms with Crippen LogP contribution in [0.4, 0.5) is 5.82 Å². The number of nitrogens with zero attached hydrogens (tertiary/aromatic N) is 4. The summed E-state index contributed by atoms with van der Waals surface area (Å²) in [6.45, 7) is 3.99. The topological polar surface area (TPSA) is 130 Å². The molecular weight excluding hydrogens is 350 g/mol. The number of carbonyl (C=O) groups excluding carboxylic acids is 1. The molecule has 2 heterocycles. The van der Waals surface area contributed by atoms with Gasteiger partial charge in [0, 0.05) is 12.6 Å². The second kappa shape index (κ2) is 7.36. The zero-order valence-electron chi connectivity index (χ0n) is 13.5. The maximum absolute atomic E-state index is 12.7. The van der Waals surface area contributed by atoms with Gasteiger partial charge in [0.05, 0.1) is 23.0 Å². The molecule has 0 radical (unpaired) electrons. The Hall–Kier alpha value is -1.86. The van der Waals surface area contributed by atoms with Crippen molar-refractivity contribution >= 4 is 33.3 Å². The first-order valence-electron chi connectivity index (χ1n) is 7.47. The maximum Gasteiger partial charge on any atom is 0.236 e. The predicted octanol–water partition coefficient (Wildman–Crippen LogP) is 0.447. The maximum atomic E-state index is 12.7. The van der Waals surface area contributed by atoms with Gasteiger partial charge in [0.1, 0.15) is 17.5 Å². The fraction of sp³-hybridized carbons (Fsp3) is 0.571. The van der Waals surface area contributed by atoms with Crippen molar-refractivity contribution in [3.8, 4) is 6.07 Å². The highest BCUT2D eigenvalue weighted by atomic mass is 32.2. The molecule has 0 spiro atoms. The van der Waals surface area contributed by atoms with Crippen molar-refractivity contribution in [1.82, 2.24) is 14.9 Å². The molecule has 1 aromatic rings. The van der Waals surface area contributed by atoms with Crippen LogP contribution < -0.4 is 5.73 Å². The van der Waals surface area contributed by atoms with Crippen molar-refractivity contribution in [3.63, 3.8) is 0 Å². The first-order chi connectivity index (χ1) is 11.3. The second-order valence-electron chi connectivity index (χ2n) is 5.50. The summed E-state index contributed by atoms with van der Waals surface area (Å²) >= 11 is 1.14. The number of anilines is 1. The minimum absolute atomic E-state index is 0.0181. The predicted molar refractivity (Wildman–Crippen MR) is 90.9 cm³/mol. The fourth-order valence-electron chi connectivity index (χ4n) is 2.58. The summed E-state index contributed by atoms with van der Waals surface area (Å²) in [5.74, 6) is 0.0581. The Kier molecular flexibility index (Phi) is 5.66. The smallest absolute Gasteiger partial charge is 0.236 e. The number of nitriles is 1. The molecular formula is C14H19N5O3S2. The van der Waals surface area contributed by atoms with E-state index in [4.69, 9.17) is 11.0 Å². The van der Waals surface area contributed by atoms with Crippen LogP contribution in [0.5, 0.6) is 0 Å². The number of amides is 1. The summed E-state index contributed by atoms with van der Waals surface area (Å²) < 4.78 is 23.3. The van der Waals surface area contributed by atoms with Crippen LogP contribution in [0.15, 0.2) is 11.4 Å². The number of hydrogen-bond acceptors (Lipinski definition) is 8. The van der Waals surface area contributed by atoms with E-state index in [-0.39, 0.29) is 34.8 Å². The number of thioether (sulfide) groups is 1. The van der Waals surface area contributed by atoms with Gasteiger partial charge in [-0.2, -0.15) is 5.26 Å². The molecule has 2 rings (SSSR count). The summed E-state index contributed by atoms with van der Waals surface area (Å²) in [5.41, 5.74) is 5.83. The van der Waals surface area contributed by atoms with E-state index < -0.39 is 15.1 Å². The summed E-state index contributed by atoms with van der Waals surface area (Å²) in [6, 6.07) is 1.60. The average molecular weight is 369 g/mol. The molecule has 2 N–H and O–H groups in total. The van der Waals surface area contributed by atoms with Crippen molar-refractivity contribution in [2.45, 2.75) is 36.7 Å². The quantitative estimate of drug-likeness (QED) is 0.585. The normalized spacial score (nSPS) is 20.3. The minimum Gasteiger partial charge on any atom is -0.382 e. The fourth-order valence-corrected chi connectivity index (χ4v) is 5.13. The Morgan fingerprint density at radius 2 is 2.33 bits per heavy atom. The zero-order valence-corrected chi connectivity index (χ0v) is 15.1. The number of aromatic nitrogens is 2. The number of sulfone groups is 1. The van der Waals surface area contributed by atoms with E-state index in [0.717, 1.165) is 11.8 Å². The Bertz CT molecular complexity index is 775. The summed E-state index contributed by atoms with van der Waals surface area (Å²) in [7, 11) is -3.05. The van der Waals surface area contributed by atoms with Gasteiger partial charge in [-0.1, -0.05) is 11.8 Å². The summed E-state index contributed by atoms with van der Waals surface area (Å²) in [4.78, 5) is 22.3. The van der Waals surface area contributed by atoms with Gasteiger partial charge in [-0.15, -0.1) is 0 Å². The summed E-state index contributed by atoms with van der Waals surface area (Å²) in [6.07, 6.45) is 1.79. The number of carbonyl (C=O) groups is 1. The molecule has 1 saturated heterocycles. The van der Waals surface area contributed by atoms with E-state index in [9.17, 15) is 13.2 Å². The van der Waals surface area contributed by atoms with Crippen molar-refractivity contribution in [2.24, 2.45) is 0 Å². The summed E-state index contributed by atoms with van der Waals surface area (Å²) in [5, 5.41) is 8.64. The third kappa shape index (κ3) is 4.15. The van der Waals surface area contributed by atoms with Gasteiger partial charge in [0.2, 0.25) is 5.91 Å². The number of hydrogen-bond donors (Lipinski definition) is 1. The zero-order chi connectivity index (χ0) is 17.9. The van der Waals surface area contributed by atoms with E-state index in [1.165, 1.54) is 6.20 Å². The van der Waals surface area contributed by atoms with Gasteiger partial charge in [-0.3, -0.25) is 4.79 Å². The van der Waals surface area contributed by atoms with Crippen LogP contribution in [0.2, 0.25) is 0 Å². The average Bonchev–Trinajstić information content (AvgIpc) is 2.88. The molecule has 8 nitrogen and oxygen atoms in total. The van der Waals surface area contributed by atoms with Gasteiger partial charge < -0.3 is 10.6 Å². The SMILES string of the molecule is CCN(C(=O)[C@@H](C)Sc1ncc(C#N)c(N)n1)[C@H]1CCS(=O)(=O)C1. The van der Waals surface area contributed by atoms with E-state index in [0.29, 0.717) is 18.1 Å². The van der Waals surface area contributed by atoms with Crippen LogP contribution in [0, 0.1) is 11.3 Å². The molecule has 0 aliphatic carbocycles. The molecule has 0 bridgehead atoms. The van der Waals surface area contributed by atoms with E-state index >= 15 is 0 Å². The molecule has 1 aromatic heterocycles. The van der Waals surface area contributed by atoms with E-state index in [1.807, 2.05) is 13.0 Å². The van der Waals surface area contributed by atoms with Crippen LogP contribution in [-0.2, 0) is 14.6 Å². The largest absolute Gasteiger partial charge is 0.382 e. The Morgan fingerprint density at radius 3 is 2.83 bits per heavy atom. The molecule has 1 fully saturated rings. The van der Waals surface area contributed by atoms with Crippen molar-refractivity contribution in [1.29, 1.82) is 5.26 Å². The molecule has 0 saturated carbocycles. The molecule has 130 valence electrons. The third-order valence-corrected chi connectivity index (χ3v) is 6.53. The Labute approximate surface area is 145 Å². The molecule has 10 heteroatoms. The lowest BCUT2D eigenvalue weighted by molar-refractivity contribution is -0.131. The highest BCUT2D eigenvalue weighted by molar-refractivity contribution is 8.00. The van der Waals surface area contributed by atoms with Crippen LogP contribution in [0.1, 0.15) is 25.8 Å². The molecule has 2 atom stereocenters. The highest BCUT2D eigenvalue weighted by Crippen LogP contribution is 2.25. The second-order valence-corrected chi connectivity index (χ2v) is 9.04. The lowest BCUT2D eigenvalue weighted by atomic mass is 10.2. The van der Waals surface area contributed by atoms with Gasteiger partial charge in [-0.25, -0.2) is 18.4 Å². The van der Waals surface area contributed by atoms with Gasteiger partial charge in [0.25, 0.3) is 0 Å². The van der Waals surface area contributed by atoms with E-state index in [1.54, 1.807) is 11.8 Å². The Morgan fingerprint density at radius 1 is 1.62 bits per heavy atom. The van der Waals surface area contributed by atoms with Crippen molar-refractivity contribution in [2.75, 3.05) is 23.8 Å². The van der Waals surface area contributed by atoms with Crippen LogP contribution in [0.25, 0.3) is 0 Å². The minimum atomic E-state index is -3.05. The van der Waals surface area contributed by atoms with Crippen molar-refractivity contribution < 1.29 is 13.2 Å². The molecule has 24 heavy (non-hydrogen) atoms. The number of rotatable bonds is 5. The lowest BCUT2D eigenvalue weighted by Crippen LogP contribution is -2.44.